The van der Waals surface area contributed by atoms with Crippen LogP contribution in [0.4, 0.5) is 5.95 Å². The molecule has 0 saturated heterocycles. The van der Waals surface area contributed by atoms with Gasteiger partial charge in [-0.1, -0.05) is 30.3 Å². The summed E-state index contributed by atoms with van der Waals surface area (Å²) in [4.78, 5) is 8.09. The summed E-state index contributed by atoms with van der Waals surface area (Å²) >= 11 is 0. The third-order valence-electron chi connectivity index (χ3n) is 3.51. The highest BCUT2D eigenvalue weighted by atomic mass is 32.2. The predicted octanol–water partition coefficient (Wildman–Crippen LogP) is 0.947. The summed E-state index contributed by atoms with van der Waals surface area (Å²) in [6.07, 6.45) is 2.29. The lowest BCUT2D eigenvalue weighted by Crippen LogP contribution is -2.37. The van der Waals surface area contributed by atoms with Crippen molar-refractivity contribution in [3.05, 3.63) is 53.3 Å². The summed E-state index contributed by atoms with van der Waals surface area (Å²) in [5.41, 5.74) is 8.02. The van der Waals surface area contributed by atoms with Gasteiger partial charge in [0.1, 0.15) is 0 Å². The summed E-state index contributed by atoms with van der Waals surface area (Å²) in [6.45, 7) is 0.715. The van der Waals surface area contributed by atoms with Crippen molar-refractivity contribution in [2.24, 2.45) is 0 Å². The third-order valence-corrected chi connectivity index (χ3v) is 5.31. The van der Waals surface area contributed by atoms with E-state index in [1.54, 1.807) is 6.20 Å². The number of aromatic nitrogens is 2. The molecule has 0 saturated carbocycles. The van der Waals surface area contributed by atoms with Gasteiger partial charge in [-0.2, -0.15) is 4.31 Å². The van der Waals surface area contributed by atoms with Crippen LogP contribution >= 0.6 is 0 Å². The molecule has 1 aromatic heterocycles. The van der Waals surface area contributed by atoms with Crippen molar-refractivity contribution in [3.8, 4) is 0 Å². The number of hydrogen-bond acceptors (Lipinski definition) is 5. The second-order valence-electron chi connectivity index (χ2n) is 5.03. The Hall–Kier alpha value is -1.99. The zero-order valence-corrected chi connectivity index (χ0v) is 12.3. The maximum atomic E-state index is 12.5. The van der Waals surface area contributed by atoms with Gasteiger partial charge >= 0.3 is 0 Å². The number of fused-ring (bicyclic) bond motifs is 1. The normalized spacial score (nSPS) is 15.6. The molecule has 0 amide bonds. The molecule has 110 valence electrons. The summed E-state index contributed by atoms with van der Waals surface area (Å²) in [7, 11) is -3.36. The highest BCUT2D eigenvalue weighted by Gasteiger charge is 2.27. The first-order valence-electron chi connectivity index (χ1n) is 6.66. The molecule has 0 spiro atoms. The zero-order chi connectivity index (χ0) is 14.9. The van der Waals surface area contributed by atoms with Crippen LogP contribution in [0, 0.1) is 0 Å². The molecular formula is C14H16N4O2S. The van der Waals surface area contributed by atoms with Gasteiger partial charge in [-0.05, 0) is 17.5 Å². The Labute approximate surface area is 123 Å². The number of hydrogen-bond donors (Lipinski definition) is 1. The van der Waals surface area contributed by atoms with Gasteiger partial charge in [0.25, 0.3) is 0 Å². The van der Waals surface area contributed by atoms with Crippen molar-refractivity contribution < 1.29 is 8.42 Å². The third kappa shape index (κ3) is 3.03. The van der Waals surface area contributed by atoms with E-state index in [4.69, 9.17) is 5.73 Å². The number of anilines is 1. The molecule has 1 aromatic carbocycles. The summed E-state index contributed by atoms with van der Waals surface area (Å²) in [5.74, 6) is 0.181. The average Bonchev–Trinajstić information content (AvgIpc) is 2.47. The van der Waals surface area contributed by atoms with E-state index in [1.807, 2.05) is 30.3 Å². The lowest BCUT2D eigenvalue weighted by Gasteiger charge is -2.27. The van der Waals surface area contributed by atoms with Crippen LogP contribution in [-0.2, 0) is 28.7 Å². The molecule has 0 radical (unpaired) electrons. The van der Waals surface area contributed by atoms with Crippen LogP contribution in [0.15, 0.2) is 36.5 Å². The minimum Gasteiger partial charge on any atom is -0.368 e. The lowest BCUT2D eigenvalue weighted by molar-refractivity contribution is 0.384. The van der Waals surface area contributed by atoms with Crippen LogP contribution in [0.1, 0.15) is 16.8 Å². The van der Waals surface area contributed by atoms with Gasteiger partial charge < -0.3 is 5.73 Å². The van der Waals surface area contributed by atoms with Crippen LogP contribution in [-0.4, -0.2) is 29.2 Å². The molecule has 2 N–H and O–H groups in total. The van der Waals surface area contributed by atoms with Gasteiger partial charge in [-0.3, -0.25) is 0 Å². The van der Waals surface area contributed by atoms with Gasteiger partial charge in [-0.25, -0.2) is 18.4 Å². The molecule has 0 bridgehead atoms. The van der Waals surface area contributed by atoms with E-state index in [9.17, 15) is 8.42 Å². The van der Waals surface area contributed by atoms with E-state index < -0.39 is 10.0 Å². The molecule has 21 heavy (non-hydrogen) atoms. The van der Waals surface area contributed by atoms with Crippen molar-refractivity contribution in [1.82, 2.24) is 14.3 Å². The van der Waals surface area contributed by atoms with Crippen LogP contribution < -0.4 is 5.73 Å². The zero-order valence-electron chi connectivity index (χ0n) is 11.4. The van der Waals surface area contributed by atoms with E-state index in [2.05, 4.69) is 9.97 Å². The topological polar surface area (TPSA) is 89.2 Å². The molecule has 0 unspecified atom stereocenters. The average molecular weight is 304 g/mol. The molecule has 2 heterocycles. The van der Waals surface area contributed by atoms with Crippen molar-refractivity contribution in [3.63, 3.8) is 0 Å². The minimum absolute atomic E-state index is 0.00371. The number of nitrogen functional groups attached to an aromatic ring is 1. The highest BCUT2D eigenvalue weighted by molar-refractivity contribution is 7.88. The molecule has 1 aliphatic rings. The molecule has 0 aliphatic carbocycles. The molecule has 2 aromatic rings. The van der Waals surface area contributed by atoms with E-state index in [1.165, 1.54) is 4.31 Å². The lowest BCUT2D eigenvalue weighted by atomic mass is 10.1. The first-order chi connectivity index (χ1) is 10.0. The fourth-order valence-corrected chi connectivity index (χ4v) is 3.89. The minimum atomic E-state index is -3.36. The largest absolute Gasteiger partial charge is 0.368 e. The number of sulfonamides is 1. The highest BCUT2D eigenvalue weighted by Crippen LogP contribution is 2.21. The Morgan fingerprint density at radius 3 is 2.76 bits per heavy atom. The van der Waals surface area contributed by atoms with Gasteiger partial charge in [0.05, 0.1) is 18.0 Å². The van der Waals surface area contributed by atoms with Crippen molar-refractivity contribution in [2.75, 3.05) is 12.3 Å². The number of benzene rings is 1. The van der Waals surface area contributed by atoms with E-state index in [0.29, 0.717) is 18.7 Å². The van der Waals surface area contributed by atoms with Crippen molar-refractivity contribution in [2.45, 2.75) is 18.7 Å². The second kappa shape index (κ2) is 5.42. The van der Waals surface area contributed by atoms with E-state index in [-0.39, 0.29) is 18.2 Å². The molecule has 3 rings (SSSR count). The number of rotatable bonds is 3. The fraction of sp³-hybridized carbons (Fsp3) is 0.286. The molecular weight excluding hydrogens is 288 g/mol. The monoisotopic (exact) mass is 304 g/mol. The molecule has 0 fully saturated rings. The van der Waals surface area contributed by atoms with Crippen molar-refractivity contribution >= 4 is 16.0 Å². The molecule has 1 aliphatic heterocycles. The Bertz CT molecular complexity index is 747. The summed E-state index contributed by atoms with van der Waals surface area (Å²) in [6, 6.07) is 9.17. The Morgan fingerprint density at radius 2 is 2.00 bits per heavy atom. The van der Waals surface area contributed by atoms with Crippen LogP contribution in [0.3, 0.4) is 0 Å². The first kappa shape index (κ1) is 14.0. The van der Waals surface area contributed by atoms with Gasteiger partial charge in [0.2, 0.25) is 16.0 Å². The van der Waals surface area contributed by atoms with E-state index in [0.717, 1.165) is 11.1 Å². The first-order valence-corrected chi connectivity index (χ1v) is 8.27. The van der Waals surface area contributed by atoms with Crippen LogP contribution in [0.5, 0.6) is 0 Å². The van der Waals surface area contributed by atoms with Gasteiger partial charge in [0, 0.05) is 12.7 Å². The second-order valence-corrected chi connectivity index (χ2v) is 6.99. The predicted molar refractivity (Wildman–Crippen MR) is 79.6 cm³/mol. The Morgan fingerprint density at radius 1 is 1.24 bits per heavy atom. The van der Waals surface area contributed by atoms with Crippen LogP contribution in [0.25, 0.3) is 0 Å². The Kier molecular flexibility index (Phi) is 3.60. The van der Waals surface area contributed by atoms with Crippen LogP contribution in [0.2, 0.25) is 0 Å². The maximum absolute atomic E-state index is 12.5. The van der Waals surface area contributed by atoms with Gasteiger partial charge in [-0.15, -0.1) is 0 Å². The molecule has 7 heteroatoms. The van der Waals surface area contributed by atoms with Crippen molar-refractivity contribution in [1.29, 1.82) is 0 Å². The molecule has 0 atom stereocenters. The SMILES string of the molecule is Nc1ncc2c(n1)CN(S(=O)(=O)Cc1ccccc1)CC2. The molecule has 6 nitrogen and oxygen atoms in total. The van der Waals surface area contributed by atoms with Gasteiger partial charge in [0.15, 0.2) is 0 Å². The fourth-order valence-electron chi connectivity index (χ4n) is 2.41. The Balaban J connectivity index is 1.81. The summed E-state index contributed by atoms with van der Waals surface area (Å²) in [5, 5.41) is 0. The standard InChI is InChI=1S/C14H16N4O2S/c15-14-16-8-12-6-7-18(9-13(12)17-14)21(19,20)10-11-4-2-1-3-5-11/h1-5,8H,6-7,9-10H2,(H2,15,16,17). The maximum Gasteiger partial charge on any atom is 0.220 e. The number of nitrogens with zero attached hydrogens (tertiary/aromatic N) is 3. The van der Waals surface area contributed by atoms with E-state index >= 15 is 0 Å². The number of nitrogens with two attached hydrogens (primary N) is 1. The quantitative estimate of drug-likeness (QED) is 0.912. The summed E-state index contributed by atoms with van der Waals surface area (Å²) < 4.78 is 26.5. The smallest absolute Gasteiger partial charge is 0.220 e.